The fraction of sp³-hybridized carbons (Fsp3) is 0.333. The van der Waals surface area contributed by atoms with Crippen molar-refractivity contribution in [3.05, 3.63) is 53.0 Å². The summed E-state index contributed by atoms with van der Waals surface area (Å²) in [7, 11) is 0. The molecule has 16 heteroatoms. The molecular formula is C18H13F8N5O3. The summed E-state index contributed by atoms with van der Waals surface area (Å²) in [6.45, 7) is -2.04. The number of hydrogen-bond acceptors (Lipinski definition) is 5. The van der Waals surface area contributed by atoms with Gasteiger partial charge in [0, 0.05) is 18.3 Å². The summed E-state index contributed by atoms with van der Waals surface area (Å²) < 4.78 is 108. The molecule has 1 saturated heterocycles. The number of carbonyl (C=O) groups excluding carboxylic acids is 2. The first-order valence-electron chi connectivity index (χ1n) is 9.18. The van der Waals surface area contributed by atoms with E-state index in [2.05, 4.69) is 30.7 Å². The fourth-order valence-corrected chi connectivity index (χ4v) is 2.86. The zero-order valence-corrected chi connectivity index (χ0v) is 16.5. The molecule has 34 heavy (non-hydrogen) atoms. The average Bonchev–Trinajstić information content (AvgIpc) is 3.16. The summed E-state index contributed by atoms with van der Waals surface area (Å²) in [6.07, 6.45) is -9.27. The molecule has 0 aliphatic carbocycles. The molecule has 2 aromatic heterocycles. The second kappa shape index (κ2) is 9.26. The summed E-state index contributed by atoms with van der Waals surface area (Å²) in [4.78, 5) is 30.3. The molecule has 8 nitrogen and oxygen atoms in total. The van der Waals surface area contributed by atoms with Crippen LogP contribution in [0.2, 0.25) is 0 Å². The van der Waals surface area contributed by atoms with E-state index < -0.39 is 71.9 Å². The van der Waals surface area contributed by atoms with Gasteiger partial charge >= 0.3 is 18.4 Å². The normalized spacial score (nSPS) is 17.1. The molecule has 1 fully saturated rings. The summed E-state index contributed by atoms with van der Waals surface area (Å²) in [5.74, 6) is -5.12. The standard InChI is InChI=1S/C18H13F8N5O3/c19-8-1-2-10(29-13(8)18(24,25)26)12(31-14(32)11-5-28-16(33)30-11)7-3-9(20)15(27-4-7)34-6-17(21,22)23/h1-4,11-12H,5-6H2,(H,31,32)(H2,28,30,33)/t11-,12+/m0/s1. The van der Waals surface area contributed by atoms with Gasteiger partial charge in [0.25, 0.3) is 5.88 Å². The fourth-order valence-electron chi connectivity index (χ4n) is 2.86. The van der Waals surface area contributed by atoms with Gasteiger partial charge in [-0.1, -0.05) is 0 Å². The second-order valence-electron chi connectivity index (χ2n) is 6.87. The first-order chi connectivity index (χ1) is 15.7. The predicted octanol–water partition coefficient (Wildman–Crippen LogP) is 2.60. The Labute approximate surface area is 184 Å². The van der Waals surface area contributed by atoms with Crippen molar-refractivity contribution in [3.8, 4) is 5.88 Å². The third-order valence-corrected chi connectivity index (χ3v) is 4.34. The molecule has 3 rings (SSSR count). The Morgan fingerprint density at radius 3 is 2.44 bits per heavy atom. The topological polar surface area (TPSA) is 105 Å². The molecule has 0 unspecified atom stereocenters. The van der Waals surface area contributed by atoms with Gasteiger partial charge in [0.15, 0.2) is 23.9 Å². The molecule has 2 atom stereocenters. The molecule has 1 aliphatic rings. The number of hydrogen-bond donors (Lipinski definition) is 3. The zero-order valence-electron chi connectivity index (χ0n) is 16.5. The number of urea groups is 1. The number of nitrogens with one attached hydrogen (secondary N) is 3. The van der Waals surface area contributed by atoms with Crippen molar-refractivity contribution in [2.75, 3.05) is 13.2 Å². The molecule has 0 spiro atoms. The van der Waals surface area contributed by atoms with Gasteiger partial charge < -0.3 is 20.7 Å². The highest BCUT2D eigenvalue weighted by molar-refractivity contribution is 5.90. The van der Waals surface area contributed by atoms with Crippen LogP contribution in [-0.4, -0.2) is 47.3 Å². The van der Waals surface area contributed by atoms with Crippen molar-refractivity contribution in [3.63, 3.8) is 0 Å². The highest BCUT2D eigenvalue weighted by Crippen LogP contribution is 2.32. The van der Waals surface area contributed by atoms with Crippen molar-refractivity contribution in [2.45, 2.75) is 24.4 Å². The lowest BCUT2D eigenvalue weighted by molar-refractivity contribution is -0.154. The predicted molar refractivity (Wildman–Crippen MR) is 95.3 cm³/mol. The molecule has 3 amide bonds. The smallest absolute Gasteiger partial charge is 0.436 e. The van der Waals surface area contributed by atoms with E-state index in [1.165, 1.54) is 0 Å². The molecule has 184 valence electrons. The maximum atomic E-state index is 14.3. The number of pyridine rings is 2. The van der Waals surface area contributed by atoms with Crippen molar-refractivity contribution < 1.29 is 49.4 Å². The van der Waals surface area contributed by atoms with Crippen molar-refractivity contribution in [2.24, 2.45) is 0 Å². The van der Waals surface area contributed by atoms with Crippen molar-refractivity contribution >= 4 is 11.9 Å². The first-order valence-corrected chi connectivity index (χ1v) is 9.18. The van der Waals surface area contributed by atoms with Crippen LogP contribution in [0.5, 0.6) is 5.88 Å². The van der Waals surface area contributed by atoms with Gasteiger partial charge in [-0.25, -0.2) is 23.5 Å². The third kappa shape index (κ3) is 5.99. The zero-order chi connectivity index (χ0) is 25.3. The lowest BCUT2D eigenvalue weighted by Gasteiger charge is -2.22. The van der Waals surface area contributed by atoms with E-state index in [9.17, 15) is 44.7 Å². The van der Waals surface area contributed by atoms with Crippen LogP contribution in [-0.2, 0) is 11.0 Å². The SMILES string of the molecule is O=C1NC[C@@H](C(=O)N[C@H](c2cnc(OCC(F)(F)F)c(F)c2)c2ccc(F)c(C(F)(F)F)n2)N1. The Morgan fingerprint density at radius 1 is 1.18 bits per heavy atom. The van der Waals surface area contributed by atoms with Crippen LogP contribution in [0, 0.1) is 11.6 Å². The number of alkyl halides is 6. The minimum absolute atomic E-state index is 0.182. The monoisotopic (exact) mass is 499 g/mol. The summed E-state index contributed by atoms with van der Waals surface area (Å²) in [5.41, 5.74) is -2.86. The Kier molecular flexibility index (Phi) is 6.79. The van der Waals surface area contributed by atoms with Crippen LogP contribution in [0.1, 0.15) is 23.0 Å². The third-order valence-electron chi connectivity index (χ3n) is 4.34. The molecular weight excluding hydrogens is 486 g/mol. The Hall–Kier alpha value is -3.72. The van der Waals surface area contributed by atoms with Crippen LogP contribution in [0.25, 0.3) is 0 Å². The maximum absolute atomic E-state index is 14.3. The molecule has 2 aromatic rings. The number of carbonyl (C=O) groups is 2. The van der Waals surface area contributed by atoms with Crippen LogP contribution in [0.4, 0.5) is 39.9 Å². The molecule has 0 bridgehead atoms. The lowest BCUT2D eigenvalue weighted by atomic mass is 10.0. The molecule has 0 radical (unpaired) electrons. The molecule has 1 aliphatic heterocycles. The van der Waals surface area contributed by atoms with E-state index in [0.717, 1.165) is 12.3 Å². The van der Waals surface area contributed by atoms with Crippen LogP contribution < -0.4 is 20.7 Å². The van der Waals surface area contributed by atoms with E-state index in [1.54, 1.807) is 0 Å². The largest absolute Gasteiger partial charge is 0.466 e. The van der Waals surface area contributed by atoms with E-state index >= 15 is 0 Å². The maximum Gasteiger partial charge on any atom is 0.436 e. The average molecular weight is 499 g/mol. The molecule has 3 heterocycles. The van der Waals surface area contributed by atoms with E-state index in [1.807, 2.05) is 0 Å². The van der Waals surface area contributed by atoms with E-state index in [4.69, 9.17) is 0 Å². The van der Waals surface area contributed by atoms with Gasteiger partial charge in [0.05, 0.1) is 11.7 Å². The summed E-state index contributed by atoms with van der Waals surface area (Å²) in [6, 6.07) is -1.75. The number of halogens is 8. The van der Waals surface area contributed by atoms with Gasteiger partial charge in [0.1, 0.15) is 6.04 Å². The highest BCUT2D eigenvalue weighted by Gasteiger charge is 2.38. The Bertz CT molecular complexity index is 1090. The van der Waals surface area contributed by atoms with Crippen molar-refractivity contribution in [1.29, 1.82) is 0 Å². The quantitative estimate of drug-likeness (QED) is 0.531. The first kappa shape index (κ1) is 24.9. The lowest BCUT2D eigenvalue weighted by Crippen LogP contribution is -2.44. The minimum Gasteiger partial charge on any atom is -0.466 e. The number of nitrogens with zero attached hydrogens (tertiary/aromatic N) is 2. The Morgan fingerprint density at radius 2 is 1.88 bits per heavy atom. The number of ether oxygens (including phenoxy) is 1. The number of aromatic nitrogens is 2. The van der Waals surface area contributed by atoms with E-state index in [0.29, 0.717) is 12.1 Å². The molecule has 3 N–H and O–H groups in total. The van der Waals surface area contributed by atoms with Gasteiger partial charge in [-0.3, -0.25) is 4.79 Å². The number of amides is 3. The highest BCUT2D eigenvalue weighted by atomic mass is 19.4. The van der Waals surface area contributed by atoms with Crippen LogP contribution >= 0.6 is 0 Å². The van der Waals surface area contributed by atoms with Crippen LogP contribution in [0.15, 0.2) is 24.4 Å². The molecule has 0 aromatic carbocycles. The second-order valence-corrected chi connectivity index (χ2v) is 6.87. The van der Waals surface area contributed by atoms with E-state index in [-0.39, 0.29) is 12.1 Å². The summed E-state index contributed by atoms with van der Waals surface area (Å²) in [5, 5.41) is 6.74. The summed E-state index contributed by atoms with van der Waals surface area (Å²) >= 11 is 0. The molecule has 0 saturated carbocycles. The minimum atomic E-state index is -5.21. The van der Waals surface area contributed by atoms with Crippen LogP contribution in [0.3, 0.4) is 0 Å². The van der Waals surface area contributed by atoms with Crippen molar-refractivity contribution in [1.82, 2.24) is 25.9 Å². The van der Waals surface area contributed by atoms with Gasteiger partial charge in [-0.15, -0.1) is 0 Å². The van der Waals surface area contributed by atoms with Gasteiger partial charge in [-0.05, 0) is 18.2 Å². The number of rotatable bonds is 6. The van der Waals surface area contributed by atoms with Gasteiger partial charge in [0.2, 0.25) is 5.91 Å². The Balaban J connectivity index is 1.98. The van der Waals surface area contributed by atoms with Gasteiger partial charge in [-0.2, -0.15) is 26.3 Å².